The highest BCUT2D eigenvalue weighted by Crippen LogP contribution is 2.41. The molecule has 3 N–H and O–H groups in total. The van der Waals surface area contributed by atoms with E-state index < -0.39 is 0 Å². The van der Waals surface area contributed by atoms with Crippen LogP contribution in [0.2, 0.25) is 0 Å². The molecule has 1 fully saturated rings. The molecule has 0 radical (unpaired) electrons. The predicted octanol–water partition coefficient (Wildman–Crippen LogP) is 0.359. The molecule has 0 bridgehead atoms. The van der Waals surface area contributed by atoms with Crippen LogP contribution in [0.1, 0.15) is 30.0 Å². The number of hydrogen-bond donors (Lipinski definition) is 2. The molecular weight excluding hydrogens is 192 g/mol. The minimum Gasteiger partial charge on any atom is -0.325 e. The van der Waals surface area contributed by atoms with Crippen LogP contribution in [0.3, 0.4) is 0 Å². The molecule has 2 heterocycles. The normalized spacial score (nSPS) is 16.1. The smallest absolute Gasteiger partial charge is 0.272 e. The second-order valence-electron chi connectivity index (χ2n) is 3.95. The maximum atomic E-state index is 11.7. The molecule has 5 nitrogen and oxygen atoms in total. The Morgan fingerprint density at radius 1 is 1.60 bits per heavy atom. The van der Waals surface area contributed by atoms with Crippen LogP contribution < -0.4 is 11.3 Å². The van der Waals surface area contributed by atoms with Crippen LogP contribution in [-0.4, -0.2) is 14.6 Å². The molecule has 0 aliphatic heterocycles. The first-order chi connectivity index (χ1) is 7.29. The Labute approximate surface area is 85.9 Å². The Hall–Kier alpha value is -1.62. The summed E-state index contributed by atoms with van der Waals surface area (Å²) in [6, 6.07) is 1.47. The molecule has 0 unspecified atom stereocenters. The van der Waals surface area contributed by atoms with Crippen LogP contribution in [-0.2, 0) is 6.54 Å². The Bertz CT molecular complexity index is 564. The van der Waals surface area contributed by atoms with Crippen LogP contribution in [0, 0.1) is 0 Å². The van der Waals surface area contributed by atoms with Crippen molar-refractivity contribution in [3.8, 4) is 0 Å². The molecule has 0 amide bonds. The second kappa shape index (κ2) is 2.93. The zero-order valence-electron chi connectivity index (χ0n) is 8.23. The van der Waals surface area contributed by atoms with Gasteiger partial charge in [-0.3, -0.25) is 9.89 Å². The lowest BCUT2D eigenvalue weighted by Gasteiger charge is -1.98. The summed E-state index contributed by atoms with van der Waals surface area (Å²) in [6.07, 6.45) is 4.26. The van der Waals surface area contributed by atoms with E-state index >= 15 is 0 Å². The van der Waals surface area contributed by atoms with Crippen LogP contribution in [0.5, 0.6) is 0 Å². The third-order valence-corrected chi connectivity index (χ3v) is 2.81. The molecule has 1 aliphatic rings. The van der Waals surface area contributed by atoms with E-state index in [2.05, 4.69) is 10.1 Å². The molecular formula is C10H12N4O. The van der Waals surface area contributed by atoms with Crippen molar-refractivity contribution in [1.29, 1.82) is 0 Å². The van der Waals surface area contributed by atoms with E-state index in [1.54, 1.807) is 0 Å². The number of nitrogens with one attached hydrogen (secondary N) is 1. The number of H-pyrrole nitrogens is 1. The SMILES string of the molecule is NCc1cc(=O)n2[nH]cc(C3CC3)c2n1. The van der Waals surface area contributed by atoms with Crippen molar-refractivity contribution in [2.45, 2.75) is 25.3 Å². The highest BCUT2D eigenvalue weighted by molar-refractivity contribution is 5.50. The fourth-order valence-corrected chi connectivity index (χ4v) is 1.85. The summed E-state index contributed by atoms with van der Waals surface area (Å²) in [5.74, 6) is 0.575. The molecule has 1 saturated carbocycles. The summed E-state index contributed by atoms with van der Waals surface area (Å²) in [5.41, 5.74) is 7.95. The Kier molecular flexibility index (Phi) is 1.70. The molecule has 0 spiro atoms. The highest BCUT2D eigenvalue weighted by Gasteiger charge is 2.27. The summed E-state index contributed by atoms with van der Waals surface area (Å²) < 4.78 is 1.48. The monoisotopic (exact) mass is 204 g/mol. The average molecular weight is 204 g/mol. The lowest BCUT2D eigenvalue weighted by atomic mass is 10.2. The zero-order chi connectivity index (χ0) is 10.4. The first kappa shape index (κ1) is 8.67. The molecule has 3 rings (SSSR count). The van der Waals surface area contributed by atoms with Gasteiger partial charge in [0.1, 0.15) is 0 Å². The molecule has 0 atom stereocenters. The number of hydrogen-bond acceptors (Lipinski definition) is 3. The van der Waals surface area contributed by atoms with Gasteiger partial charge in [-0.1, -0.05) is 0 Å². The Balaban J connectivity index is 2.31. The van der Waals surface area contributed by atoms with Crippen molar-refractivity contribution in [2.75, 3.05) is 0 Å². The van der Waals surface area contributed by atoms with Gasteiger partial charge in [0.2, 0.25) is 0 Å². The summed E-state index contributed by atoms with van der Waals surface area (Å²) in [5, 5.41) is 2.93. The van der Waals surface area contributed by atoms with Crippen LogP contribution >= 0.6 is 0 Å². The Morgan fingerprint density at radius 2 is 2.40 bits per heavy atom. The zero-order valence-corrected chi connectivity index (χ0v) is 8.23. The second-order valence-corrected chi connectivity index (χ2v) is 3.95. The van der Waals surface area contributed by atoms with Gasteiger partial charge in [-0.25, -0.2) is 9.50 Å². The molecule has 2 aromatic rings. The summed E-state index contributed by atoms with van der Waals surface area (Å²) >= 11 is 0. The van der Waals surface area contributed by atoms with Crippen molar-refractivity contribution < 1.29 is 0 Å². The molecule has 5 heteroatoms. The van der Waals surface area contributed by atoms with Crippen molar-refractivity contribution in [2.24, 2.45) is 5.73 Å². The minimum atomic E-state index is -0.0904. The fraction of sp³-hybridized carbons (Fsp3) is 0.400. The molecule has 78 valence electrons. The maximum Gasteiger partial charge on any atom is 0.272 e. The first-order valence-corrected chi connectivity index (χ1v) is 5.09. The third kappa shape index (κ3) is 1.27. The van der Waals surface area contributed by atoms with Crippen molar-refractivity contribution in [1.82, 2.24) is 14.6 Å². The van der Waals surface area contributed by atoms with Gasteiger partial charge in [-0.2, -0.15) is 0 Å². The highest BCUT2D eigenvalue weighted by atomic mass is 16.1. The van der Waals surface area contributed by atoms with E-state index in [1.807, 2.05) is 6.20 Å². The van der Waals surface area contributed by atoms with E-state index in [1.165, 1.54) is 23.4 Å². The molecule has 2 aromatic heterocycles. The van der Waals surface area contributed by atoms with Crippen molar-refractivity contribution in [3.05, 3.63) is 33.9 Å². The summed E-state index contributed by atoms with van der Waals surface area (Å²) in [4.78, 5) is 16.0. The van der Waals surface area contributed by atoms with Gasteiger partial charge in [-0.15, -0.1) is 0 Å². The Morgan fingerprint density at radius 3 is 3.07 bits per heavy atom. The quantitative estimate of drug-likeness (QED) is 0.741. The van der Waals surface area contributed by atoms with Crippen molar-refractivity contribution in [3.63, 3.8) is 0 Å². The lowest BCUT2D eigenvalue weighted by Crippen LogP contribution is -2.17. The van der Waals surface area contributed by atoms with Gasteiger partial charge in [0.25, 0.3) is 5.56 Å². The van der Waals surface area contributed by atoms with Gasteiger partial charge < -0.3 is 5.73 Å². The van der Waals surface area contributed by atoms with Crippen LogP contribution in [0.15, 0.2) is 17.1 Å². The number of fused-ring (bicyclic) bond motifs is 1. The summed E-state index contributed by atoms with van der Waals surface area (Å²) in [6.45, 7) is 0.307. The fourth-order valence-electron chi connectivity index (χ4n) is 1.85. The number of nitrogens with zero attached hydrogens (tertiary/aromatic N) is 2. The average Bonchev–Trinajstić information content (AvgIpc) is 2.99. The molecule has 0 saturated heterocycles. The topological polar surface area (TPSA) is 76.2 Å². The number of rotatable bonds is 2. The first-order valence-electron chi connectivity index (χ1n) is 5.09. The van der Waals surface area contributed by atoms with Gasteiger partial charge in [-0.05, 0) is 18.8 Å². The number of aromatic nitrogens is 3. The van der Waals surface area contributed by atoms with E-state index in [0.29, 0.717) is 18.2 Å². The van der Waals surface area contributed by atoms with E-state index in [0.717, 1.165) is 11.2 Å². The molecule has 15 heavy (non-hydrogen) atoms. The van der Waals surface area contributed by atoms with Gasteiger partial charge in [0, 0.05) is 24.4 Å². The third-order valence-electron chi connectivity index (χ3n) is 2.81. The van der Waals surface area contributed by atoms with Crippen LogP contribution in [0.25, 0.3) is 5.65 Å². The van der Waals surface area contributed by atoms with E-state index in [9.17, 15) is 4.79 Å². The lowest BCUT2D eigenvalue weighted by molar-refractivity contribution is 0.868. The summed E-state index contributed by atoms with van der Waals surface area (Å²) in [7, 11) is 0. The predicted molar refractivity (Wildman–Crippen MR) is 55.7 cm³/mol. The number of nitrogens with two attached hydrogens (primary N) is 1. The van der Waals surface area contributed by atoms with E-state index in [4.69, 9.17) is 5.73 Å². The molecule has 1 aliphatic carbocycles. The van der Waals surface area contributed by atoms with Gasteiger partial charge in [0.15, 0.2) is 5.65 Å². The van der Waals surface area contributed by atoms with Crippen molar-refractivity contribution >= 4 is 5.65 Å². The maximum absolute atomic E-state index is 11.7. The van der Waals surface area contributed by atoms with Gasteiger partial charge >= 0.3 is 0 Å². The standard InChI is InChI=1S/C10H12N4O/c11-4-7-3-9(15)14-10(13-7)8(5-12-14)6-1-2-6/h3,5-6,12H,1-2,4,11H2. The molecule has 0 aromatic carbocycles. The number of aromatic amines is 1. The van der Waals surface area contributed by atoms with Gasteiger partial charge in [0.05, 0.1) is 5.69 Å². The largest absolute Gasteiger partial charge is 0.325 e. The van der Waals surface area contributed by atoms with E-state index in [-0.39, 0.29) is 5.56 Å². The minimum absolute atomic E-state index is 0.0904. The van der Waals surface area contributed by atoms with Crippen LogP contribution in [0.4, 0.5) is 0 Å².